The molecule has 3 aromatic heterocycles. The molecule has 0 radical (unpaired) electrons. The predicted octanol–water partition coefficient (Wildman–Crippen LogP) is 2.49. The maximum absolute atomic E-state index is 12.6. The van der Waals surface area contributed by atoms with Gasteiger partial charge in [0.15, 0.2) is 0 Å². The highest BCUT2D eigenvalue weighted by Crippen LogP contribution is 2.19. The van der Waals surface area contributed by atoms with Gasteiger partial charge in [0.1, 0.15) is 0 Å². The topological polar surface area (TPSA) is 60.7 Å². The Hall–Kier alpha value is -2.56. The smallest absolute Gasteiger partial charge is 0.263 e. The van der Waals surface area contributed by atoms with Crippen LogP contribution in [0.2, 0.25) is 0 Å². The van der Waals surface area contributed by atoms with Crippen molar-refractivity contribution in [3.8, 4) is 0 Å². The lowest BCUT2D eigenvalue weighted by Gasteiger charge is -2.17. The summed E-state index contributed by atoms with van der Waals surface area (Å²) in [5.41, 5.74) is 2.55. The summed E-state index contributed by atoms with van der Waals surface area (Å²) < 4.78 is 1.64. The molecule has 5 heteroatoms. The molecule has 0 bridgehead atoms. The molecule has 1 atom stereocenters. The largest absolute Gasteiger partial charge is 0.289 e. The Morgan fingerprint density at radius 1 is 1.19 bits per heavy atom. The van der Waals surface area contributed by atoms with Crippen molar-refractivity contribution in [1.29, 1.82) is 0 Å². The van der Waals surface area contributed by atoms with Crippen molar-refractivity contribution in [2.75, 3.05) is 0 Å². The Balaban J connectivity index is 2.15. The Bertz CT molecular complexity index is 824. The van der Waals surface area contributed by atoms with Gasteiger partial charge in [-0.1, -0.05) is 13.0 Å². The molecule has 0 N–H and O–H groups in total. The number of aryl methyl sites for hydroxylation is 1. The van der Waals surface area contributed by atoms with Gasteiger partial charge < -0.3 is 0 Å². The Kier molecular flexibility index (Phi) is 3.48. The summed E-state index contributed by atoms with van der Waals surface area (Å²) in [7, 11) is 0. The highest BCUT2D eigenvalue weighted by Gasteiger charge is 2.16. The number of aromatic nitrogens is 4. The van der Waals surface area contributed by atoms with Gasteiger partial charge in [0.2, 0.25) is 0 Å². The van der Waals surface area contributed by atoms with E-state index in [2.05, 4.69) is 15.0 Å². The van der Waals surface area contributed by atoms with Gasteiger partial charge in [-0.3, -0.25) is 19.3 Å². The second-order valence-electron chi connectivity index (χ2n) is 5.03. The monoisotopic (exact) mass is 280 g/mol. The van der Waals surface area contributed by atoms with E-state index in [1.165, 1.54) is 0 Å². The zero-order valence-electron chi connectivity index (χ0n) is 12.0. The molecular weight excluding hydrogens is 264 g/mol. The van der Waals surface area contributed by atoms with E-state index < -0.39 is 0 Å². The molecule has 0 aromatic carbocycles. The van der Waals surface area contributed by atoms with Crippen LogP contribution < -0.4 is 5.56 Å². The summed E-state index contributed by atoms with van der Waals surface area (Å²) in [6.07, 6.45) is 7.39. The van der Waals surface area contributed by atoms with Crippen molar-refractivity contribution in [3.63, 3.8) is 0 Å². The third kappa shape index (κ3) is 2.42. The summed E-state index contributed by atoms with van der Waals surface area (Å²) in [6, 6.07) is 5.59. The van der Waals surface area contributed by atoms with Gasteiger partial charge in [-0.25, -0.2) is 4.98 Å². The molecule has 106 valence electrons. The molecule has 3 aromatic rings. The van der Waals surface area contributed by atoms with Gasteiger partial charge in [-0.2, -0.15) is 0 Å². The first-order chi connectivity index (χ1) is 10.2. The van der Waals surface area contributed by atoms with E-state index in [0.29, 0.717) is 10.9 Å². The molecule has 0 aliphatic carbocycles. The van der Waals surface area contributed by atoms with Crippen LogP contribution in [-0.2, 0) is 0 Å². The lowest BCUT2D eigenvalue weighted by Crippen LogP contribution is -2.26. The van der Waals surface area contributed by atoms with Gasteiger partial charge >= 0.3 is 0 Å². The van der Waals surface area contributed by atoms with E-state index in [4.69, 9.17) is 0 Å². The van der Waals surface area contributed by atoms with Crippen LogP contribution in [0.4, 0.5) is 0 Å². The summed E-state index contributed by atoms with van der Waals surface area (Å²) in [5, 5.41) is 0.533. The fourth-order valence-electron chi connectivity index (χ4n) is 2.43. The van der Waals surface area contributed by atoms with Crippen molar-refractivity contribution in [2.24, 2.45) is 0 Å². The number of rotatable bonds is 3. The van der Waals surface area contributed by atoms with Crippen LogP contribution in [-0.4, -0.2) is 19.5 Å². The lowest BCUT2D eigenvalue weighted by molar-refractivity contribution is 0.531. The lowest BCUT2D eigenvalue weighted by atomic mass is 10.1. The average molecular weight is 280 g/mol. The standard InChI is InChI=1S/C16H16N4O/c1-3-15(14-5-4-11(2)8-18-14)20-10-19-13-6-7-17-9-12(13)16(20)21/h4-10,15H,3H2,1-2H3/t15-/m0/s1. The molecule has 0 aliphatic rings. The normalized spacial score (nSPS) is 12.5. The van der Waals surface area contributed by atoms with Crippen LogP contribution in [0.15, 0.2) is 47.9 Å². The molecule has 21 heavy (non-hydrogen) atoms. The van der Waals surface area contributed by atoms with Crippen LogP contribution >= 0.6 is 0 Å². The average Bonchev–Trinajstić information content (AvgIpc) is 2.52. The van der Waals surface area contributed by atoms with Crippen molar-refractivity contribution in [1.82, 2.24) is 19.5 Å². The minimum atomic E-state index is -0.116. The van der Waals surface area contributed by atoms with Crippen molar-refractivity contribution in [2.45, 2.75) is 26.3 Å². The Morgan fingerprint density at radius 3 is 2.76 bits per heavy atom. The first kappa shape index (κ1) is 13.4. The number of fused-ring (bicyclic) bond motifs is 1. The molecule has 0 spiro atoms. The van der Waals surface area contributed by atoms with Gasteiger partial charge in [-0.15, -0.1) is 0 Å². The fraction of sp³-hybridized carbons (Fsp3) is 0.250. The molecule has 3 rings (SSSR count). The third-order valence-corrected chi connectivity index (χ3v) is 3.58. The molecule has 0 aliphatic heterocycles. The Labute approximate surface area is 122 Å². The Morgan fingerprint density at radius 2 is 2.05 bits per heavy atom. The maximum Gasteiger partial charge on any atom is 0.263 e. The second kappa shape index (κ2) is 5.44. The van der Waals surface area contributed by atoms with Crippen molar-refractivity contribution < 1.29 is 0 Å². The molecule has 0 unspecified atom stereocenters. The van der Waals surface area contributed by atoms with Crippen LogP contribution in [0.5, 0.6) is 0 Å². The van der Waals surface area contributed by atoms with Crippen LogP contribution in [0.3, 0.4) is 0 Å². The molecule has 5 nitrogen and oxygen atoms in total. The van der Waals surface area contributed by atoms with Crippen molar-refractivity contribution >= 4 is 10.9 Å². The van der Waals surface area contributed by atoms with Gasteiger partial charge in [0, 0.05) is 18.6 Å². The molecule has 0 saturated heterocycles. The van der Waals surface area contributed by atoms with E-state index in [9.17, 15) is 4.79 Å². The van der Waals surface area contributed by atoms with E-state index in [0.717, 1.165) is 17.7 Å². The molecule has 3 heterocycles. The van der Waals surface area contributed by atoms with E-state index in [1.54, 1.807) is 29.4 Å². The molecule has 0 fully saturated rings. The summed E-state index contributed by atoms with van der Waals surface area (Å²) in [5.74, 6) is 0. The molecule has 0 saturated carbocycles. The number of hydrogen-bond donors (Lipinski definition) is 0. The van der Waals surface area contributed by atoms with Crippen molar-refractivity contribution in [3.05, 3.63) is 64.7 Å². The quantitative estimate of drug-likeness (QED) is 0.739. The minimum absolute atomic E-state index is 0.0812. The predicted molar refractivity (Wildman–Crippen MR) is 81.2 cm³/mol. The van der Waals surface area contributed by atoms with Crippen LogP contribution in [0.1, 0.15) is 30.6 Å². The highest BCUT2D eigenvalue weighted by atomic mass is 16.1. The fourth-order valence-corrected chi connectivity index (χ4v) is 2.43. The van der Waals surface area contributed by atoms with Gasteiger partial charge in [0.25, 0.3) is 5.56 Å². The highest BCUT2D eigenvalue weighted by molar-refractivity contribution is 5.75. The van der Waals surface area contributed by atoms with E-state index in [-0.39, 0.29) is 11.6 Å². The molecule has 0 amide bonds. The van der Waals surface area contributed by atoms with Crippen LogP contribution in [0.25, 0.3) is 10.9 Å². The minimum Gasteiger partial charge on any atom is -0.289 e. The third-order valence-electron chi connectivity index (χ3n) is 3.58. The number of hydrogen-bond acceptors (Lipinski definition) is 4. The van der Waals surface area contributed by atoms with Gasteiger partial charge in [0.05, 0.1) is 29.0 Å². The first-order valence-corrected chi connectivity index (χ1v) is 6.94. The van der Waals surface area contributed by atoms with E-state index in [1.807, 2.05) is 32.2 Å². The number of nitrogens with zero attached hydrogens (tertiary/aromatic N) is 4. The molecular formula is C16H16N4O. The summed E-state index contributed by atoms with van der Waals surface area (Å²) in [4.78, 5) is 25.4. The summed E-state index contributed by atoms with van der Waals surface area (Å²) >= 11 is 0. The summed E-state index contributed by atoms with van der Waals surface area (Å²) in [6.45, 7) is 4.03. The second-order valence-corrected chi connectivity index (χ2v) is 5.03. The van der Waals surface area contributed by atoms with E-state index >= 15 is 0 Å². The maximum atomic E-state index is 12.6. The first-order valence-electron chi connectivity index (χ1n) is 6.94. The van der Waals surface area contributed by atoms with Gasteiger partial charge in [-0.05, 0) is 31.0 Å². The zero-order valence-corrected chi connectivity index (χ0v) is 12.0. The SMILES string of the molecule is CC[C@@H](c1ccc(C)cn1)n1cnc2ccncc2c1=O. The zero-order chi connectivity index (χ0) is 14.8. The van der Waals surface area contributed by atoms with Crippen LogP contribution in [0, 0.1) is 6.92 Å². The number of pyridine rings is 2.